The minimum absolute atomic E-state index is 0.313. The highest BCUT2D eigenvalue weighted by molar-refractivity contribution is 5.78. The topological polar surface area (TPSA) is 26.8 Å². The summed E-state index contributed by atoms with van der Waals surface area (Å²) < 4.78 is 0. The molecule has 4 heteroatoms. The smallest absolute Gasteiger partial charge is 0.236 e. The second-order valence-corrected chi connectivity index (χ2v) is 8.97. The lowest BCUT2D eigenvalue weighted by Gasteiger charge is -2.38. The Bertz CT molecular complexity index is 595. The number of benzene rings is 1. The maximum Gasteiger partial charge on any atom is 0.236 e. The average Bonchev–Trinajstić information content (AvgIpc) is 2.68. The third-order valence-electron chi connectivity index (χ3n) is 6.49. The molecule has 2 saturated heterocycles. The van der Waals surface area contributed by atoms with E-state index >= 15 is 0 Å². The number of rotatable bonds is 5. The summed E-state index contributed by atoms with van der Waals surface area (Å²) in [5.41, 5.74) is 2.66. The molecule has 0 aromatic heterocycles. The van der Waals surface area contributed by atoms with Crippen molar-refractivity contribution in [2.45, 2.75) is 46.5 Å². The van der Waals surface area contributed by atoms with Crippen molar-refractivity contribution >= 4 is 11.6 Å². The SMILES string of the molecule is CC(C)c1ccc(N2CCN(C(=O)CN3CCC(C(C)C)CC3)CC2)cc1. The summed E-state index contributed by atoms with van der Waals surface area (Å²) in [6.07, 6.45) is 2.48. The van der Waals surface area contributed by atoms with Crippen LogP contribution in [0.25, 0.3) is 0 Å². The van der Waals surface area contributed by atoms with E-state index in [1.54, 1.807) is 0 Å². The molecule has 3 rings (SSSR count). The van der Waals surface area contributed by atoms with Crippen LogP contribution in [0.5, 0.6) is 0 Å². The molecule has 1 amide bonds. The Morgan fingerprint density at radius 3 is 2.04 bits per heavy atom. The molecule has 2 heterocycles. The van der Waals surface area contributed by atoms with Gasteiger partial charge in [0.25, 0.3) is 0 Å². The van der Waals surface area contributed by atoms with Crippen LogP contribution >= 0.6 is 0 Å². The molecule has 0 bridgehead atoms. The van der Waals surface area contributed by atoms with Crippen molar-refractivity contribution in [3.05, 3.63) is 29.8 Å². The van der Waals surface area contributed by atoms with E-state index in [1.165, 1.54) is 24.1 Å². The van der Waals surface area contributed by atoms with Crippen LogP contribution in [-0.4, -0.2) is 61.5 Å². The van der Waals surface area contributed by atoms with E-state index in [0.717, 1.165) is 51.1 Å². The van der Waals surface area contributed by atoms with Gasteiger partial charge in [-0.05, 0) is 61.4 Å². The van der Waals surface area contributed by atoms with Crippen molar-refractivity contribution in [3.63, 3.8) is 0 Å². The molecule has 27 heavy (non-hydrogen) atoms. The van der Waals surface area contributed by atoms with Gasteiger partial charge in [0.05, 0.1) is 6.54 Å². The van der Waals surface area contributed by atoms with E-state index in [1.807, 2.05) is 0 Å². The fourth-order valence-corrected chi connectivity index (χ4v) is 4.35. The van der Waals surface area contributed by atoms with Crippen molar-refractivity contribution in [2.75, 3.05) is 50.7 Å². The highest BCUT2D eigenvalue weighted by Crippen LogP contribution is 2.25. The fraction of sp³-hybridized carbons (Fsp3) is 0.696. The van der Waals surface area contributed by atoms with Crippen molar-refractivity contribution < 1.29 is 4.79 Å². The highest BCUT2D eigenvalue weighted by atomic mass is 16.2. The first-order valence-electron chi connectivity index (χ1n) is 10.8. The van der Waals surface area contributed by atoms with Crippen LogP contribution in [0.3, 0.4) is 0 Å². The first kappa shape index (κ1) is 20.2. The summed E-state index contributed by atoms with van der Waals surface area (Å²) in [4.78, 5) is 19.5. The number of hydrogen-bond donors (Lipinski definition) is 0. The molecule has 1 aromatic rings. The lowest BCUT2D eigenvalue weighted by Crippen LogP contribution is -2.52. The van der Waals surface area contributed by atoms with E-state index in [2.05, 4.69) is 66.7 Å². The Hall–Kier alpha value is -1.55. The molecule has 1 aromatic carbocycles. The molecule has 0 saturated carbocycles. The number of nitrogens with zero attached hydrogens (tertiary/aromatic N) is 3. The Labute approximate surface area is 165 Å². The zero-order valence-electron chi connectivity index (χ0n) is 17.7. The van der Waals surface area contributed by atoms with Crippen molar-refractivity contribution in [3.8, 4) is 0 Å². The summed E-state index contributed by atoms with van der Waals surface area (Å²) in [7, 11) is 0. The zero-order valence-corrected chi connectivity index (χ0v) is 17.7. The van der Waals surface area contributed by atoms with Gasteiger partial charge >= 0.3 is 0 Å². The molecule has 2 fully saturated rings. The number of likely N-dealkylation sites (tertiary alicyclic amines) is 1. The largest absolute Gasteiger partial charge is 0.368 e. The lowest BCUT2D eigenvalue weighted by molar-refractivity contribution is -0.133. The van der Waals surface area contributed by atoms with E-state index in [-0.39, 0.29) is 0 Å². The Kier molecular flexibility index (Phi) is 6.80. The number of piperidine rings is 1. The first-order valence-corrected chi connectivity index (χ1v) is 10.8. The molecule has 2 aliphatic rings. The summed E-state index contributed by atoms with van der Waals surface area (Å²) in [6.45, 7) is 15.4. The maximum atomic E-state index is 12.7. The van der Waals surface area contributed by atoms with Crippen LogP contribution in [0, 0.1) is 11.8 Å². The van der Waals surface area contributed by atoms with Gasteiger partial charge in [0.1, 0.15) is 0 Å². The van der Waals surface area contributed by atoms with E-state index in [4.69, 9.17) is 0 Å². The van der Waals surface area contributed by atoms with E-state index in [9.17, 15) is 4.79 Å². The van der Waals surface area contributed by atoms with Gasteiger partial charge < -0.3 is 9.80 Å². The van der Waals surface area contributed by atoms with Gasteiger partial charge in [0, 0.05) is 31.9 Å². The first-order chi connectivity index (χ1) is 12.9. The van der Waals surface area contributed by atoms with Gasteiger partial charge in [0.15, 0.2) is 0 Å². The molecule has 150 valence electrons. The predicted octanol–water partition coefficient (Wildman–Crippen LogP) is 3.83. The normalized spacial score (nSPS) is 19.9. The van der Waals surface area contributed by atoms with Crippen LogP contribution < -0.4 is 4.90 Å². The van der Waals surface area contributed by atoms with Crippen LogP contribution in [0.2, 0.25) is 0 Å². The van der Waals surface area contributed by atoms with Crippen LogP contribution in [0.15, 0.2) is 24.3 Å². The lowest BCUT2D eigenvalue weighted by atomic mass is 9.87. The van der Waals surface area contributed by atoms with Gasteiger partial charge in [-0.2, -0.15) is 0 Å². The van der Waals surface area contributed by atoms with Gasteiger partial charge in [-0.15, -0.1) is 0 Å². The Balaban J connectivity index is 1.44. The van der Waals surface area contributed by atoms with Crippen molar-refractivity contribution in [1.82, 2.24) is 9.80 Å². The van der Waals surface area contributed by atoms with Gasteiger partial charge in [0.2, 0.25) is 5.91 Å². The summed E-state index contributed by atoms with van der Waals surface area (Å²) >= 11 is 0. The second kappa shape index (κ2) is 9.09. The maximum absolute atomic E-state index is 12.7. The molecule has 0 aliphatic carbocycles. The third-order valence-corrected chi connectivity index (χ3v) is 6.49. The van der Waals surface area contributed by atoms with Crippen molar-refractivity contribution in [2.24, 2.45) is 11.8 Å². The van der Waals surface area contributed by atoms with Crippen molar-refractivity contribution in [1.29, 1.82) is 0 Å². The number of anilines is 1. The Morgan fingerprint density at radius 2 is 1.52 bits per heavy atom. The number of hydrogen-bond acceptors (Lipinski definition) is 3. The second-order valence-electron chi connectivity index (χ2n) is 8.97. The van der Waals surface area contributed by atoms with Crippen LogP contribution in [-0.2, 0) is 4.79 Å². The molecular formula is C23H37N3O. The number of carbonyl (C=O) groups excluding carboxylic acids is 1. The number of piperazine rings is 1. The molecule has 0 radical (unpaired) electrons. The van der Waals surface area contributed by atoms with Crippen LogP contribution in [0.1, 0.15) is 52.0 Å². The molecule has 0 N–H and O–H groups in total. The quantitative estimate of drug-likeness (QED) is 0.787. The van der Waals surface area contributed by atoms with E-state index in [0.29, 0.717) is 18.4 Å². The zero-order chi connectivity index (χ0) is 19.4. The predicted molar refractivity (Wildman–Crippen MR) is 113 cm³/mol. The third kappa shape index (κ3) is 5.25. The average molecular weight is 372 g/mol. The Morgan fingerprint density at radius 1 is 0.926 bits per heavy atom. The van der Waals surface area contributed by atoms with Gasteiger partial charge in [-0.1, -0.05) is 39.8 Å². The highest BCUT2D eigenvalue weighted by Gasteiger charge is 2.26. The molecule has 2 aliphatic heterocycles. The number of amides is 1. The van der Waals surface area contributed by atoms with Gasteiger partial charge in [-0.3, -0.25) is 9.69 Å². The summed E-state index contributed by atoms with van der Waals surface area (Å²) in [5.74, 6) is 2.49. The molecule has 4 nitrogen and oxygen atoms in total. The number of carbonyl (C=O) groups is 1. The van der Waals surface area contributed by atoms with Gasteiger partial charge in [-0.25, -0.2) is 0 Å². The minimum atomic E-state index is 0.313. The van der Waals surface area contributed by atoms with E-state index < -0.39 is 0 Å². The summed E-state index contributed by atoms with van der Waals surface area (Å²) in [5, 5.41) is 0. The summed E-state index contributed by atoms with van der Waals surface area (Å²) in [6, 6.07) is 8.92. The fourth-order valence-electron chi connectivity index (χ4n) is 4.35. The monoisotopic (exact) mass is 371 g/mol. The molecule has 0 atom stereocenters. The van der Waals surface area contributed by atoms with Crippen LogP contribution in [0.4, 0.5) is 5.69 Å². The standard InChI is InChI=1S/C23H37N3O/c1-18(2)20-5-7-22(8-6-20)25-13-15-26(16-14-25)23(27)17-24-11-9-21(10-12-24)19(3)4/h5-8,18-19,21H,9-17H2,1-4H3. The molecule has 0 unspecified atom stereocenters. The molecule has 0 spiro atoms. The minimum Gasteiger partial charge on any atom is -0.368 e. The molecular weight excluding hydrogens is 334 g/mol.